The molecule has 6 nitrogen and oxygen atoms in total. The van der Waals surface area contributed by atoms with E-state index >= 15 is 0 Å². The van der Waals surface area contributed by atoms with Crippen LogP contribution in [0.4, 0.5) is 11.6 Å². The Labute approximate surface area is 166 Å². The second kappa shape index (κ2) is 8.20. The first-order chi connectivity index (χ1) is 12.5. The van der Waals surface area contributed by atoms with Crippen molar-refractivity contribution < 1.29 is 19.6 Å². The summed E-state index contributed by atoms with van der Waals surface area (Å²) in [5.74, 6) is 0.483. The minimum absolute atomic E-state index is 0.312. The first kappa shape index (κ1) is 18.2. The van der Waals surface area contributed by atoms with Crippen LogP contribution in [0.3, 0.4) is 0 Å². The van der Waals surface area contributed by atoms with Gasteiger partial charge in [-0.05, 0) is 62.2 Å². The number of H-pyrrole nitrogens is 2. The first-order valence-corrected chi connectivity index (χ1v) is 9.17. The molecule has 0 fully saturated rings. The van der Waals surface area contributed by atoms with Crippen LogP contribution in [0.5, 0.6) is 0 Å². The Morgan fingerprint density at radius 2 is 1.19 bits per heavy atom. The number of halogens is 2. The summed E-state index contributed by atoms with van der Waals surface area (Å²) in [5, 5.41) is 5.50. The van der Waals surface area contributed by atoms with Gasteiger partial charge in [0, 0.05) is 12.1 Å². The Kier molecular flexibility index (Phi) is 5.75. The van der Waals surface area contributed by atoms with Gasteiger partial charge in [-0.25, -0.2) is 30.2 Å². The number of amides is 2. The van der Waals surface area contributed by atoms with Crippen molar-refractivity contribution in [3.8, 4) is 0 Å². The molecule has 2 aromatic heterocycles. The smallest absolute Gasteiger partial charge is 0.246 e. The molecule has 0 aliphatic heterocycles. The molecule has 0 saturated heterocycles. The molecule has 2 heterocycles. The van der Waals surface area contributed by atoms with E-state index in [-0.39, 0.29) is 11.8 Å². The van der Waals surface area contributed by atoms with E-state index in [0.29, 0.717) is 22.8 Å². The summed E-state index contributed by atoms with van der Waals surface area (Å²) in [7, 11) is 0. The quantitative estimate of drug-likeness (QED) is 0.603. The van der Waals surface area contributed by atoms with Gasteiger partial charge in [-0.15, -0.1) is 0 Å². The number of nitrogens with one attached hydrogen (secondary N) is 4. The zero-order valence-corrected chi connectivity index (χ0v) is 16.5. The molecule has 130 valence electrons. The third-order valence-corrected chi connectivity index (χ3v) is 4.42. The van der Waals surface area contributed by atoms with Gasteiger partial charge in [-0.2, -0.15) is 0 Å². The van der Waals surface area contributed by atoms with E-state index in [1.165, 1.54) is 0 Å². The molecule has 3 rings (SSSR count). The Morgan fingerprint density at radius 3 is 1.58 bits per heavy atom. The maximum Gasteiger partial charge on any atom is 0.339 e. The molecule has 4 N–H and O–H groups in total. The second-order valence-electron chi connectivity index (χ2n) is 5.33. The third-order valence-electron chi connectivity index (χ3n) is 3.43. The molecule has 0 saturated carbocycles. The van der Waals surface area contributed by atoms with E-state index in [1.54, 1.807) is 48.8 Å². The summed E-state index contributed by atoms with van der Waals surface area (Å²) >= 11 is 6.64. The molecule has 0 atom stereocenters. The highest BCUT2D eigenvalue weighted by Gasteiger charge is 2.17. The number of pyridine rings is 2. The summed E-state index contributed by atoms with van der Waals surface area (Å²) in [5.41, 5.74) is 0.766. The summed E-state index contributed by atoms with van der Waals surface area (Å²) in [4.78, 5) is 30.7. The maximum absolute atomic E-state index is 12.4. The van der Waals surface area contributed by atoms with Gasteiger partial charge < -0.3 is 0 Å². The summed E-state index contributed by atoms with van der Waals surface area (Å²) < 4.78 is 1.75. The largest absolute Gasteiger partial charge is 0.339 e. The van der Waals surface area contributed by atoms with Crippen LogP contribution < -0.4 is 20.6 Å². The highest BCUT2D eigenvalue weighted by molar-refractivity contribution is 9.10. The minimum atomic E-state index is -0.312. The van der Waals surface area contributed by atoms with Gasteiger partial charge in [-0.1, -0.05) is 6.07 Å². The molecule has 3 aromatic rings. The number of benzene rings is 1. The number of aromatic amines is 2. The van der Waals surface area contributed by atoms with E-state index < -0.39 is 0 Å². The summed E-state index contributed by atoms with van der Waals surface area (Å²) in [6.07, 6.45) is 3.43. The van der Waals surface area contributed by atoms with E-state index in [1.807, 2.05) is 12.1 Å². The van der Waals surface area contributed by atoms with Crippen LogP contribution in [0.2, 0.25) is 0 Å². The average Bonchev–Trinajstić information content (AvgIpc) is 2.65. The molecule has 0 unspecified atom stereocenters. The number of carbonyl (C=O) groups excluding carboxylic acids is 2. The number of hydrogen-bond donors (Lipinski definition) is 2. The molecule has 8 heteroatoms. The van der Waals surface area contributed by atoms with Crippen molar-refractivity contribution >= 4 is 55.3 Å². The van der Waals surface area contributed by atoms with Crippen LogP contribution in [-0.4, -0.2) is 11.8 Å². The summed E-state index contributed by atoms with van der Waals surface area (Å²) in [6, 6.07) is 13.6. The maximum atomic E-state index is 12.4. The molecule has 26 heavy (non-hydrogen) atoms. The van der Waals surface area contributed by atoms with Crippen LogP contribution in [0.25, 0.3) is 0 Å². The molecule has 0 aliphatic rings. The average molecular weight is 478 g/mol. The lowest BCUT2D eigenvalue weighted by molar-refractivity contribution is -0.361. The van der Waals surface area contributed by atoms with Crippen LogP contribution >= 0.6 is 31.9 Å². The SMILES string of the molecule is O=C(Nc1ccc(Br)c[nH+]1)c1cccc(C(=O)Nc2ccc(Br)c[nH+]2)c1. The fraction of sp³-hybridized carbons (Fsp3) is 0. The predicted octanol–water partition coefficient (Wildman–Crippen LogP) is 3.34. The van der Waals surface area contributed by atoms with Crippen LogP contribution in [0, 0.1) is 0 Å². The predicted molar refractivity (Wildman–Crippen MR) is 104 cm³/mol. The molecule has 1 aromatic carbocycles. The topological polar surface area (TPSA) is 86.5 Å². The van der Waals surface area contributed by atoms with Crippen LogP contribution in [-0.2, 0) is 0 Å². The normalized spacial score (nSPS) is 10.2. The second-order valence-corrected chi connectivity index (χ2v) is 7.16. The van der Waals surface area contributed by atoms with Gasteiger partial charge in [-0.3, -0.25) is 0 Å². The van der Waals surface area contributed by atoms with Gasteiger partial charge in [0.25, 0.3) is 11.6 Å². The summed E-state index contributed by atoms with van der Waals surface area (Å²) in [6.45, 7) is 0. The molecule has 0 aliphatic carbocycles. The van der Waals surface area contributed by atoms with E-state index in [0.717, 1.165) is 8.95 Å². The van der Waals surface area contributed by atoms with Gasteiger partial charge in [0.1, 0.15) is 12.4 Å². The minimum Gasteiger partial charge on any atom is -0.246 e. The Balaban J connectivity index is 1.72. The fourth-order valence-corrected chi connectivity index (χ4v) is 2.65. The molecular formula is C18H14Br2N4O2+2. The standard InChI is InChI=1S/C18H12Br2N4O2/c19-13-4-6-15(21-9-13)23-17(25)11-2-1-3-12(8-11)18(26)24-16-7-5-14(20)10-22-16/h1-10H,(H,21,23,25)(H,22,24,26)/p+2. The number of rotatable bonds is 4. The molecular weight excluding hydrogens is 464 g/mol. The fourth-order valence-electron chi connectivity index (χ4n) is 2.16. The van der Waals surface area contributed by atoms with Gasteiger partial charge >= 0.3 is 11.8 Å². The van der Waals surface area contributed by atoms with Crippen molar-refractivity contribution in [2.45, 2.75) is 0 Å². The monoisotopic (exact) mass is 476 g/mol. The van der Waals surface area contributed by atoms with E-state index in [9.17, 15) is 9.59 Å². The van der Waals surface area contributed by atoms with Gasteiger partial charge in [0.15, 0.2) is 0 Å². The van der Waals surface area contributed by atoms with E-state index in [2.05, 4.69) is 52.5 Å². The number of anilines is 2. The lowest BCUT2D eigenvalue weighted by Gasteiger charge is -2.02. The van der Waals surface area contributed by atoms with Crippen LogP contribution in [0.1, 0.15) is 20.7 Å². The first-order valence-electron chi connectivity index (χ1n) is 7.58. The molecule has 0 radical (unpaired) electrons. The van der Waals surface area contributed by atoms with Crippen molar-refractivity contribution in [2.75, 3.05) is 10.6 Å². The van der Waals surface area contributed by atoms with Crippen molar-refractivity contribution in [2.24, 2.45) is 0 Å². The van der Waals surface area contributed by atoms with Crippen molar-refractivity contribution in [1.29, 1.82) is 0 Å². The third kappa shape index (κ3) is 4.74. The number of hydrogen-bond acceptors (Lipinski definition) is 2. The zero-order valence-electron chi connectivity index (χ0n) is 13.3. The van der Waals surface area contributed by atoms with E-state index in [4.69, 9.17) is 0 Å². The van der Waals surface area contributed by atoms with Gasteiger partial charge in [0.2, 0.25) is 0 Å². The highest BCUT2D eigenvalue weighted by atomic mass is 79.9. The van der Waals surface area contributed by atoms with Crippen LogP contribution in [0.15, 0.2) is 69.9 Å². The lowest BCUT2D eigenvalue weighted by Crippen LogP contribution is -2.21. The molecule has 0 spiro atoms. The van der Waals surface area contributed by atoms with Crippen molar-refractivity contribution in [3.63, 3.8) is 0 Å². The molecule has 0 bridgehead atoms. The Bertz CT molecular complexity index is 869. The number of carbonyl (C=O) groups is 2. The lowest BCUT2D eigenvalue weighted by atomic mass is 10.1. The van der Waals surface area contributed by atoms with Crippen molar-refractivity contribution in [3.05, 3.63) is 81.0 Å². The zero-order chi connectivity index (χ0) is 18.5. The Morgan fingerprint density at radius 1 is 0.731 bits per heavy atom. The van der Waals surface area contributed by atoms with Crippen molar-refractivity contribution in [1.82, 2.24) is 0 Å². The molecule has 2 amide bonds. The highest BCUT2D eigenvalue weighted by Crippen LogP contribution is 2.12. The number of aromatic nitrogens is 2. The Hall–Kier alpha value is -2.58. The van der Waals surface area contributed by atoms with Gasteiger partial charge in [0.05, 0.1) is 20.1 Å².